The number of rotatable bonds is 4. The number of esters is 1. The Balaban J connectivity index is 2.53. The van der Waals surface area contributed by atoms with Crippen molar-refractivity contribution in [2.45, 2.75) is 13.7 Å². The largest absolute Gasteiger partial charge is 0.444 e. The van der Waals surface area contributed by atoms with Gasteiger partial charge in [-0.2, -0.15) is 0 Å². The molecule has 0 bridgehead atoms. The summed E-state index contributed by atoms with van der Waals surface area (Å²) in [6.45, 7) is 1.05. The molecule has 2 aromatic heterocycles. The molecule has 0 aliphatic rings. The molecule has 20 heavy (non-hydrogen) atoms. The second-order valence-electron chi connectivity index (χ2n) is 4.36. The summed E-state index contributed by atoms with van der Waals surface area (Å²) in [6.07, 6.45) is 3.14. The zero-order valence-electron chi connectivity index (χ0n) is 11.5. The van der Waals surface area contributed by atoms with Crippen molar-refractivity contribution in [1.29, 1.82) is 0 Å². The number of nitrogens with one attached hydrogen (secondary N) is 1. The van der Waals surface area contributed by atoms with E-state index in [1.807, 2.05) is 0 Å². The lowest BCUT2D eigenvalue weighted by Crippen LogP contribution is -2.24. The maximum atomic E-state index is 12.3. The van der Waals surface area contributed by atoms with Crippen LogP contribution in [0.4, 0.5) is 5.95 Å². The van der Waals surface area contributed by atoms with Gasteiger partial charge in [0.25, 0.3) is 5.56 Å². The molecule has 0 aliphatic carbocycles. The lowest BCUT2D eigenvalue weighted by atomic mass is 10.4. The first-order chi connectivity index (χ1) is 9.49. The molecule has 0 radical (unpaired) electrons. The van der Waals surface area contributed by atoms with Gasteiger partial charge in [-0.1, -0.05) is 0 Å². The average molecular weight is 277 g/mol. The molecule has 2 aromatic rings. The quantitative estimate of drug-likeness (QED) is 0.498. The number of aromatic amines is 1. The first-order valence-electron chi connectivity index (χ1n) is 5.91. The van der Waals surface area contributed by atoms with Crippen LogP contribution < -0.4 is 5.56 Å². The molecule has 1 N–H and O–H groups in total. The third kappa shape index (κ3) is 2.85. The van der Waals surface area contributed by atoms with E-state index in [9.17, 15) is 9.59 Å². The fourth-order valence-corrected chi connectivity index (χ4v) is 1.56. The van der Waals surface area contributed by atoms with E-state index in [0.29, 0.717) is 11.0 Å². The molecule has 0 aromatic carbocycles. The number of carbonyl (C=O) groups excluding carboxylic acids is 1. The molecule has 2 heterocycles. The van der Waals surface area contributed by atoms with Crippen molar-refractivity contribution in [2.24, 2.45) is 4.99 Å². The van der Waals surface area contributed by atoms with Crippen molar-refractivity contribution in [3.63, 3.8) is 0 Å². The number of aromatic nitrogens is 3. The molecule has 0 aliphatic heterocycles. The highest BCUT2D eigenvalue weighted by molar-refractivity contribution is 5.75. The topological polar surface area (TPSA) is 92.6 Å². The molecule has 0 amide bonds. The van der Waals surface area contributed by atoms with E-state index in [-0.39, 0.29) is 18.2 Å². The predicted octanol–water partition coefficient (Wildman–Crippen LogP) is 0.467. The monoisotopic (exact) mass is 277 g/mol. The van der Waals surface area contributed by atoms with Gasteiger partial charge in [0.1, 0.15) is 5.52 Å². The minimum Gasteiger partial charge on any atom is -0.444 e. The minimum absolute atomic E-state index is 0.178. The van der Waals surface area contributed by atoms with E-state index in [4.69, 9.17) is 4.74 Å². The Hall–Kier alpha value is -2.64. The normalized spacial score (nSPS) is 11.2. The third-order valence-electron chi connectivity index (χ3n) is 2.45. The highest BCUT2D eigenvalue weighted by Crippen LogP contribution is 2.12. The summed E-state index contributed by atoms with van der Waals surface area (Å²) in [6, 6.07) is 1.68. The number of carbonyl (C=O) groups is 1. The van der Waals surface area contributed by atoms with Crippen LogP contribution in [-0.2, 0) is 16.3 Å². The summed E-state index contributed by atoms with van der Waals surface area (Å²) in [7, 11) is 3.60. The van der Waals surface area contributed by atoms with Gasteiger partial charge in [0.15, 0.2) is 6.73 Å². The number of aliphatic imine (C=N–C) groups is 1. The van der Waals surface area contributed by atoms with E-state index in [1.165, 1.54) is 17.8 Å². The van der Waals surface area contributed by atoms with Gasteiger partial charge in [0.05, 0.1) is 11.9 Å². The zero-order valence-corrected chi connectivity index (χ0v) is 11.5. The Kier molecular flexibility index (Phi) is 3.83. The molecular formula is C12H15N5O3. The van der Waals surface area contributed by atoms with Crippen LogP contribution in [0.2, 0.25) is 0 Å². The number of fused-ring (bicyclic) bond motifs is 1. The van der Waals surface area contributed by atoms with Crippen LogP contribution in [0, 0.1) is 0 Å². The average Bonchev–Trinajstić information content (AvgIpc) is 2.83. The van der Waals surface area contributed by atoms with E-state index in [0.717, 1.165) is 0 Å². The fraction of sp³-hybridized carbons (Fsp3) is 0.333. The van der Waals surface area contributed by atoms with Crippen molar-refractivity contribution >= 4 is 29.3 Å². The smallest absolute Gasteiger partial charge is 0.304 e. The van der Waals surface area contributed by atoms with E-state index in [2.05, 4.69) is 15.0 Å². The van der Waals surface area contributed by atoms with Crippen LogP contribution in [-0.4, -0.2) is 45.8 Å². The van der Waals surface area contributed by atoms with Gasteiger partial charge >= 0.3 is 5.97 Å². The predicted molar refractivity (Wildman–Crippen MR) is 74.0 cm³/mol. The zero-order chi connectivity index (χ0) is 14.7. The molecule has 106 valence electrons. The van der Waals surface area contributed by atoms with Crippen molar-refractivity contribution in [3.8, 4) is 0 Å². The Labute approximate surface area is 114 Å². The summed E-state index contributed by atoms with van der Waals surface area (Å²) < 4.78 is 6.06. The second-order valence-corrected chi connectivity index (χ2v) is 4.36. The van der Waals surface area contributed by atoms with Crippen LogP contribution in [0.1, 0.15) is 6.92 Å². The summed E-state index contributed by atoms with van der Waals surface area (Å²) in [5.41, 5.74) is 0.521. The fourth-order valence-electron chi connectivity index (χ4n) is 1.56. The van der Waals surface area contributed by atoms with Gasteiger partial charge < -0.3 is 14.6 Å². The van der Waals surface area contributed by atoms with Gasteiger partial charge in [-0.3, -0.25) is 9.59 Å². The SMILES string of the molecule is CC(=O)OCn1c(N=CN(C)C)nc2cc[nH]c2c1=O. The minimum atomic E-state index is -0.481. The highest BCUT2D eigenvalue weighted by atomic mass is 16.5. The number of nitrogens with zero attached hydrogens (tertiary/aromatic N) is 4. The summed E-state index contributed by atoms with van der Waals surface area (Å²) >= 11 is 0. The standard InChI is InChI=1S/C12H15N5O3/c1-8(18)20-7-17-11(19)10-9(4-5-13-10)15-12(17)14-6-16(2)3/h4-6,13H,7H2,1-3H3. The van der Waals surface area contributed by atoms with Gasteiger partial charge in [-0.25, -0.2) is 14.5 Å². The number of hydrogen-bond donors (Lipinski definition) is 1. The number of hydrogen-bond acceptors (Lipinski definition) is 5. The molecule has 0 saturated heterocycles. The molecule has 0 spiro atoms. The van der Waals surface area contributed by atoms with E-state index >= 15 is 0 Å². The van der Waals surface area contributed by atoms with Crippen LogP contribution >= 0.6 is 0 Å². The number of ether oxygens (including phenoxy) is 1. The van der Waals surface area contributed by atoms with Crippen LogP contribution in [0.3, 0.4) is 0 Å². The van der Waals surface area contributed by atoms with Crippen LogP contribution in [0.5, 0.6) is 0 Å². The molecular weight excluding hydrogens is 262 g/mol. The maximum Gasteiger partial charge on any atom is 0.304 e. The van der Waals surface area contributed by atoms with E-state index in [1.54, 1.807) is 31.3 Å². The first kappa shape index (κ1) is 13.8. The van der Waals surface area contributed by atoms with Gasteiger partial charge in [0.2, 0.25) is 5.95 Å². The van der Waals surface area contributed by atoms with Crippen LogP contribution in [0.15, 0.2) is 22.1 Å². The Morgan fingerprint density at radius 2 is 2.35 bits per heavy atom. The molecule has 8 nitrogen and oxygen atoms in total. The molecule has 8 heteroatoms. The van der Waals surface area contributed by atoms with Crippen molar-refractivity contribution < 1.29 is 9.53 Å². The van der Waals surface area contributed by atoms with Crippen molar-refractivity contribution in [3.05, 3.63) is 22.6 Å². The first-order valence-corrected chi connectivity index (χ1v) is 5.91. The molecule has 0 saturated carbocycles. The summed E-state index contributed by atoms with van der Waals surface area (Å²) in [5.74, 6) is -0.303. The summed E-state index contributed by atoms with van der Waals surface area (Å²) in [4.78, 5) is 36.1. The number of H-pyrrole nitrogens is 1. The molecule has 0 atom stereocenters. The van der Waals surface area contributed by atoms with Crippen molar-refractivity contribution in [2.75, 3.05) is 14.1 Å². The lowest BCUT2D eigenvalue weighted by Gasteiger charge is -2.09. The maximum absolute atomic E-state index is 12.3. The Bertz CT molecular complexity index is 713. The Morgan fingerprint density at radius 1 is 1.60 bits per heavy atom. The van der Waals surface area contributed by atoms with Gasteiger partial charge in [0, 0.05) is 27.2 Å². The van der Waals surface area contributed by atoms with Crippen molar-refractivity contribution in [1.82, 2.24) is 19.4 Å². The van der Waals surface area contributed by atoms with E-state index < -0.39 is 5.97 Å². The summed E-state index contributed by atoms with van der Waals surface area (Å²) in [5, 5.41) is 0. The van der Waals surface area contributed by atoms with Crippen LogP contribution in [0.25, 0.3) is 11.0 Å². The molecule has 0 unspecified atom stereocenters. The lowest BCUT2D eigenvalue weighted by molar-refractivity contribution is -0.144. The second kappa shape index (κ2) is 5.55. The highest BCUT2D eigenvalue weighted by Gasteiger charge is 2.11. The third-order valence-corrected chi connectivity index (χ3v) is 2.45. The van der Waals surface area contributed by atoms with Gasteiger partial charge in [-0.15, -0.1) is 0 Å². The van der Waals surface area contributed by atoms with Gasteiger partial charge in [-0.05, 0) is 6.07 Å². The molecule has 0 fully saturated rings. The Morgan fingerprint density at radius 3 is 3.00 bits per heavy atom. The molecule has 2 rings (SSSR count).